The van der Waals surface area contributed by atoms with Crippen molar-refractivity contribution in [3.05, 3.63) is 65.7 Å². The van der Waals surface area contributed by atoms with Gasteiger partial charge in [0.25, 0.3) is 15.9 Å². The van der Waals surface area contributed by atoms with Crippen LogP contribution in [0.3, 0.4) is 0 Å². The predicted molar refractivity (Wildman–Crippen MR) is 115 cm³/mol. The molecule has 0 radical (unpaired) electrons. The minimum absolute atomic E-state index is 0.0444. The smallest absolute Gasteiger partial charge is 0.269 e. The van der Waals surface area contributed by atoms with Crippen molar-refractivity contribution in [2.45, 2.75) is 31.2 Å². The summed E-state index contributed by atoms with van der Waals surface area (Å²) in [5.74, 6) is -1.69. The number of carbonyl (C=O) groups is 3. The lowest BCUT2D eigenvalue weighted by atomic mass is 10.1. The van der Waals surface area contributed by atoms with Crippen molar-refractivity contribution < 1.29 is 22.8 Å². The van der Waals surface area contributed by atoms with Gasteiger partial charge in [-0.25, -0.2) is 12.7 Å². The largest absolute Gasteiger partial charge is 0.355 e. The number of hydrogen-bond donors (Lipinski definition) is 1. The zero-order chi connectivity index (χ0) is 22.6. The Labute approximate surface area is 181 Å². The molecular formula is C22H25N3O5S. The van der Waals surface area contributed by atoms with Gasteiger partial charge in [-0.3, -0.25) is 14.4 Å². The van der Waals surface area contributed by atoms with Gasteiger partial charge in [-0.05, 0) is 38.0 Å². The fraction of sp³-hybridized carbons (Fsp3) is 0.318. The van der Waals surface area contributed by atoms with E-state index in [0.717, 1.165) is 5.56 Å². The molecule has 1 N–H and O–H groups in total. The van der Waals surface area contributed by atoms with Crippen LogP contribution < -0.4 is 5.32 Å². The molecule has 31 heavy (non-hydrogen) atoms. The number of fused-ring (bicyclic) bond motifs is 1. The van der Waals surface area contributed by atoms with Crippen LogP contribution in [-0.2, 0) is 26.0 Å². The van der Waals surface area contributed by atoms with Crippen molar-refractivity contribution in [1.29, 1.82) is 0 Å². The van der Waals surface area contributed by atoms with Crippen molar-refractivity contribution in [3.8, 4) is 0 Å². The summed E-state index contributed by atoms with van der Waals surface area (Å²) < 4.78 is 26.2. The zero-order valence-corrected chi connectivity index (χ0v) is 18.3. The van der Waals surface area contributed by atoms with Gasteiger partial charge in [0.05, 0.1) is 5.56 Å². The highest BCUT2D eigenvalue weighted by Gasteiger charge is 2.42. The standard InChI is InChI=1S/C22H25N3O5S/c1-3-23-21(27)16(2)24(14-13-17-9-5-4-6-10-17)20(26)15-25-22(28)18-11-7-8-12-19(18)31(25,29)30/h4-12,16H,3,13-15H2,1-2H3,(H,23,27)/t16-/m0/s1. The van der Waals surface area contributed by atoms with Gasteiger partial charge in [0.1, 0.15) is 17.5 Å². The molecule has 0 aliphatic carbocycles. The van der Waals surface area contributed by atoms with Gasteiger partial charge in [0.15, 0.2) is 0 Å². The van der Waals surface area contributed by atoms with Crippen molar-refractivity contribution >= 4 is 27.7 Å². The number of benzene rings is 2. The number of sulfonamides is 1. The lowest BCUT2D eigenvalue weighted by Gasteiger charge is -2.30. The maximum Gasteiger partial charge on any atom is 0.269 e. The Kier molecular flexibility index (Phi) is 6.74. The van der Waals surface area contributed by atoms with E-state index in [-0.39, 0.29) is 22.9 Å². The summed E-state index contributed by atoms with van der Waals surface area (Å²) in [7, 11) is -4.11. The summed E-state index contributed by atoms with van der Waals surface area (Å²) in [5.41, 5.74) is 1.02. The third kappa shape index (κ3) is 4.61. The highest BCUT2D eigenvalue weighted by molar-refractivity contribution is 7.90. The summed E-state index contributed by atoms with van der Waals surface area (Å²) in [6.45, 7) is 3.30. The van der Waals surface area contributed by atoms with Crippen LogP contribution in [0.5, 0.6) is 0 Å². The second-order valence-corrected chi connectivity index (χ2v) is 9.04. The number of amides is 3. The Hall–Kier alpha value is -3.20. The summed E-state index contributed by atoms with van der Waals surface area (Å²) in [6, 6.07) is 14.5. The average molecular weight is 444 g/mol. The number of rotatable bonds is 8. The maximum absolute atomic E-state index is 13.1. The molecule has 1 atom stereocenters. The number of hydrogen-bond acceptors (Lipinski definition) is 5. The highest BCUT2D eigenvalue weighted by atomic mass is 32.2. The topological polar surface area (TPSA) is 104 Å². The van der Waals surface area contributed by atoms with E-state index in [1.54, 1.807) is 19.9 Å². The van der Waals surface area contributed by atoms with E-state index < -0.39 is 34.4 Å². The number of nitrogens with one attached hydrogen (secondary N) is 1. The molecule has 8 nitrogen and oxygen atoms in total. The van der Waals surface area contributed by atoms with Crippen LogP contribution >= 0.6 is 0 Å². The molecule has 0 aromatic heterocycles. The number of likely N-dealkylation sites (N-methyl/N-ethyl adjacent to an activating group) is 1. The Morgan fingerprint density at radius 1 is 1.06 bits per heavy atom. The van der Waals surface area contributed by atoms with Gasteiger partial charge >= 0.3 is 0 Å². The van der Waals surface area contributed by atoms with E-state index in [2.05, 4.69) is 5.32 Å². The molecule has 2 aromatic rings. The fourth-order valence-electron chi connectivity index (χ4n) is 3.49. The van der Waals surface area contributed by atoms with Gasteiger partial charge in [0.2, 0.25) is 11.8 Å². The first-order valence-electron chi connectivity index (χ1n) is 10.0. The van der Waals surface area contributed by atoms with Crippen LogP contribution in [0.15, 0.2) is 59.5 Å². The van der Waals surface area contributed by atoms with Crippen molar-refractivity contribution in [3.63, 3.8) is 0 Å². The molecule has 3 rings (SSSR count). The molecule has 9 heteroatoms. The molecule has 1 aliphatic heterocycles. The molecule has 0 saturated heterocycles. The maximum atomic E-state index is 13.1. The van der Waals surface area contributed by atoms with Crippen LogP contribution in [0.2, 0.25) is 0 Å². The molecule has 0 bridgehead atoms. The second-order valence-electron chi connectivity index (χ2n) is 7.21. The first kappa shape index (κ1) is 22.5. The lowest BCUT2D eigenvalue weighted by Crippen LogP contribution is -2.52. The average Bonchev–Trinajstić information content (AvgIpc) is 2.95. The third-order valence-corrected chi connectivity index (χ3v) is 6.98. The van der Waals surface area contributed by atoms with Gasteiger partial charge in [-0.1, -0.05) is 42.5 Å². The normalized spacial score (nSPS) is 15.3. The van der Waals surface area contributed by atoms with E-state index in [1.165, 1.54) is 23.1 Å². The molecule has 0 saturated carbocycles. The summed E-state index contributed by atoms with van der Waals surface area (Å²) in [4.78, 5) is 39.4. The van der Waals surface area contributed by atoms with Crippen LogP contribution in [0.1, 0.15) is 29.8 Å². The second kappa shape index (κ2) is 9.30. The summed E-state index contributed by atoms with van der Waals surface area (Å²) in [5, 5.41) is 2.68. The Morgan fingerprint density at radius 2 is 1.71 bits per heavy atom. The van der Waals surface area contributed by atoms with E-state index in [1.807, 2.05) is 30.3 Å². The molecule has 1 heterocycles. The lowest BCUT2D eigenvalue weighted by molar-refractivity contribution is -0.139. The molecule has 0 unspecified atom stereocenters. The first-order chi connectivity index (χ1) is 14.8. The Bertz CT molecular complexity index is 1090. The van der Waals surface area contributed by atoms with Gasteiger partial charge in [-0.2, -0.15) is 0 Å². The van der Waals surface area contributed by atoms with E-state index in [9.17, 15) is 22.8 Å². The van der Waals surface area contributed by atoms with Crippen molar-refractivity contribution in [1.82, 2.24) is 14.5 Å². The van der Waals surface area contributed by atoms with E-state index in [4.69, 9.17) is 0 Å². The highest BCUT2D eigenvalue weighted by Crippen LogP contribution is 2.29. The molecule has 3 amide bonds. The minimum Gasteiger partial charge on any atom is -0.355 e. The van der Waals surface area contributed by atoms with Gasteiger partial charge in [-0.15, -0.1) is 0 Å². The van der Waals surface area contributed by atoms with Gasteiger partial charge < -0.3 is 10.2 Å². The summed E-state index contributed by atoms with van der Waals surface area (Å²) in [6.07, 6.45) is 0.483. The van der Waals surface area contributed by atoms with Crippen LogP contribution in [-0.4, -0.2) is 61.0 Å². The monoisotopic (exact) mass is 443 g/mol. The van der Waals surface area contributed by atoms with Crippen LogP contribution in [0, 0.1) is 0 Å². The SMILES string of the molecule is CCNC(=O)[C@H](C)N(CCc1ccccc1)C(=O)CN1C(=O)c2ccccc2S1(=O)=O. The van der Waals surface area contributed by atoms with Crippen molar-refractivity contribution in [2.75, 3.05) is 19.6 Å². The van der Waals surface area contributed by atoms with E-state index >= 15 is 0 Å². The van der Waals surface area contributed by atoms with E-state index in [0.29, 0.717) is 17.3 Å². The Balaban J connectivity index is 1.82. The first-order valence-corrected chi connectivity index (χ1v) is 11.5. The molecule has 0 spiro atoms. The Morgan fingerprint density at radius 3 is 2.35 bits per heavy atom. The quantitative estimate of drug-likeness (QED) is 0.665. The fourth-order valence-corrected chi connectivity index (χ4v) is 5.01. The minimum atomic E-state index is -4.11. The third-order valence-electron chi connectivity index (χ3n) is 5.19. The predicted octanol–water partition coefficient (Wildman–Crippen LogP) is 1.43. The molecule has 2 aromatic carbocycles. The van der Waals surface area contributed by atoms with Gasteiger partial charge in [0, 0.05) is 13.1 Å². The number of nitrogens with zero attached hydrogens (tertiary/aromatic N) is 2. The molecule has 1 aliphatic rings. The van der Waals surface area contributed by atoms with Crippen molar-refractivity contribution in [2.24, 2.45) is 0 Å². The summed E-state index contributed by atoms with van der Waals surface area (Å²) >= 11 is 0. The van der Waals surface area contributed by atoms with Crippen LogP contribution in [0.4, 0.5) is 0 Å². The number of carbonyl (C=O) groups excluding carboxylic acids is 3. The molecule has 164 valence electrons. The molecular weight excluding hydrogens is 418 g/mol. The van der Waals surface area contributed by atoms with Crippen LogP contribution in [0.25, 0.3) is 0 Å². The zero-order valence-electron chi connectivity index (χ0n) is 17.4. The molecule has 0 fully saturated rings.